The summed E-state index contributed by atoms with van der Waals surface area (Å²) in [7, 11) is 1.83. The van der Waals surface area contributed by atoms with Gasteiger partial charge in [0.15, 0.2) is 5.69 Å². The summed E-state index contributed by atoms with van der Waals surface area (Å²) < 4.78 is 42.2. The van der Waals surface area contributed by atoms with Crippen molar-refractivity contribution in [3.8, 4) is 5.69 Å². The Morgan fingerprint density at radius 1 is 1.30 bits per heavy atom. The average molecular weight is 380 g/mol. The predicted octanol–water partition coefficient (Wildman–Crippen LogP) is 3.27. The normalized spacial score (nSPS) is 18.0. The number of aryl methyl sites for hydroxylation is 1. The Balaban J connectivity index is 1.95. The quantitative estimate of drug-likeness (QED) is 0.886. The zero-order valence-corrected chi connectivity index (χ0v) is 15.4. The highest BCUT2D eigenvalue weighted by Gasteiger charge is 2.41. The lowest BCUT2D eigenvalue weighted by Crippen LogP contribution is -2.43. The number of aromatic nitrogens is 2. The van der Waals surface area contributed by atoms with Gasteiger partial charge in [-0.2, -0.15) is 18.3 Å². The minimum absolute atomic E-state index is 0.245. The molecule has 27 heavy (non-hydrogen) atoms. The van der Waals surface area contributed by atoms with Crippen LogP contribution in [0.1, 0.15) is 34.5 Å². The van der Waals surface area contributed by atoms with E-state index in [1.54, 1.807) is 24.3 Å². The van der Waals surface area contributed by atoms with Crippen molar-refractivity contribution in [2.75, 3.05) is 26.7 Å². The molecule has 1 fully saturated rings. The van der Waals surface area contributed by atoms with E-state index in [0.29, 0.717) is 13.1 Å². The zero-order valence-electron chi connectivity index (χ0n) is 15.4. The predicted molar refractivity (Wildman–Crippen MR) is 95.9 cm³/mol. The van der Waals surface area contributed by atoms with Crippen molar-refractivity contribution >= 4 is 5.91 Å². The smallest absolute Gasteiger partial charge is 0.338 e. The van der Waals surface area contributed by atoms with Crippen LogP contribution in [0.4, 0.5) is 13.2 Å². The monoisotopic (exact) mass is 380 g/mol. The van der Waals surface area contributed by atoms with E-state index in [1.165, 1.54) is 4.90 Å². The number of likely N-dealkylation sites (tertiary alicyclic amines) is 1. The van der Waals surface area contributed by atoms with Crippen LogP contribution in [0, 0.1) is 12.8 Å². The van der Waals surface area contributed by atoms with Gasteiger partial charge in [-0.25, -0.2) is 4.68 Å². The number of hydrogen-bond acceptors (Lipinski definition) is 3. The van der Waals surface area contributed by atoms with E-state index < -0.39 is 23.3 Å². The first-order valence-corrected chi connectivity index (χ1v) is 8.97. The molecule has 1 aliphatic heterocycles. The van der Waals surface area contributed by atoms with Gasteiger partial charge in [0.05, 0.1) is 17.4 Å². The van der Waals surface area contributed by atoms with Gasteiger partial charge >= 0.3 is 6.18 Å². The molecule has 2 heterocycles. The standard InChI is InChI=1S/C19H23F3N4O/c1-13-5-7-15(8-6-13)26-17(19(20,21)22)16(11-24-26)18(27)25-9-3-4-14(12-25)10-23-2/h5-8,11,14,23H,3-4,9-10,12H2,1-2H3. The van der Waals surface area contributed by atoms with Gasteiger partial charge in [-0.1, -0.05) is 17.7 Å². The molecule has 3 rings (SSSR count). The van der Waals surface area contributed by atoms with Crippen LogP contribution in [0.5, 0.6) is 0 Å². The van der Waals surface area contributed by atoms with Gasteiger partial charge in [0.2, 0.25) is 0 Å². The van der Waals surface area contributed by atoms with Crippen LogP contribution in [0.2, 0.25) is 0 Å². The molecule has 1 unspecified atom stereocenters. The molecule has 1 aromatic heterocycles. The highest BCUT2D eigenvalue weighted by atomic mass is 19.4. The number of carbonyl (C=O) groups excluding carboxylic acids is 1. The van der Waals surface area contributed by atoms with Gasteiger partial charge in [0.1, 0.15) is 0 Å². The van der Waals surface area contributed by atoms with E-state index in [9.17, 15) is 18.0 Å². The largest absolute Gasteiger partial charge is 0.434 e. The molecule has 2 aromatic rings. The number of amides is 1. The Hall–Kier alpha value is -2.35. The number of benzene rings is 1. The van der Waals surface area contributed by atoms with E-state index >= 15 is 0 Å². The molecule has 1 amide bonds. The van der Waals surface area contributed by atoms with Crippen molar-refractivity contribution in [3.05, 3.63) is 47.3 Å². The summed E-state index contributed by atoms with van der Waals surface area (Å²) in [6.45, 7) is 3.50. The molecule has 0 radical (unpaired) electrons. The first-order chi connectivity index (χ1) is 12.8. The minimum Gasteiger partial charge on any atom is -0.338 e. The number of hydrogen-bond donors (Lipinski definition) is 1. The number of alkyl halides is 3. The van der Waals surface area contributed by atoms with Crippen LogP contribution in [0.3, 0.4) is 0 Å². The van der Waals surface area contributed by atoms with Crippen LogP contribution >= 0.6 is 0 Å². The van der Waals surface area contributed by atoms with Gasteiger partial charge in [0.25, 0.3) is 5.91 Å². The Bertz CT molecular complexity index is 796. The Kier molecular flexibility index (Phi) is 5.55. The summed E-state index contributed by atoms with van der Waals surface area (Å²) in [6.07, 6.45) is -1.91. The van der Waals surface area contributed by atoms with Crippen LogP contribution in [-0.2, 0) is 6.18 Å². The van der Waals surface area contributed by atoms with Crippen molar-refractivity contribution < 1.29 is 18.0 Å². The third kappa shape index (κ3) is 4.16. The maximum absolute atomic E-state index is 13.8. The van der Waals surface area contributed by atoms with Gasteiger partial charge in [-0.05, 0) is 51.4 Å². The summed E-state index contributed by atoms with van der Waals surface area (Å²) in [4.78, 5) is 14.4. The second-order valence-electron chi connectivity index (χ2n) is 6.97. The summed E-state index contributed by atoms with van der Waals surface area (Å²) in [5, 5.41) is 6.96. The van der Waals surface area contributed by atoms with E-state index in [-0.39, 0.29) is 11.6 Å². The molecule has 146 valence electrons. The molecule has 1 N–H and O–H groups in total. The number of nitrogens with one attached hydrogen (secondary N) is 1. The van der Waals surface area contributed by atoms with Gasteiger partial charge in [-0.3, -0.25) is 4.79 Å². The molecule has 1 aromatic carbocycles. The SMILES string of the molecule is CNCC1CCCN(C(=O)c2cnn(-c3ccc(C)cc3)c2C(F)(F)F)C1. The van der Waals surface area contributed by atoms with E-state index in [1.807, 2.05) is 14.0 Å². The molecule has 1 aliphatic rings. The first kappa shape index (κ1) is 19.4. The first-order valence-electron chi connectivity index (χ1n) is 8.97. The lowest BCUT2D eigenvalue weighted by molar-refractivity contribution is -0.143. The summed E-state index contributed by atoms with van der Waals surface area (Å²) in [6, 6.07) is 6.56. The second kappa shape index (κ2) is 7.72. The lowest BCUT2D eigenvalue weighted by atomic mass is 9.97. The highest BCUT2D eigenvalue weighted by molar-refractivity contribution is 5.95. The maximum atomic E-state index is 13.8. The zero-order chi connectivity index (χ0) is 19.6. The fourth-order valence-electron chi connectivity index (χ4n) is 3.53. The molecule has 0 bridgehead atoms. The third-order valence-electron chi connectivity index (χ3n) is 4.85. The number of carbonyl (C=O) groups is 1. The number of rotatable bonds is 4. The van der Waals surface area contributed by atoms with E-state index in [2.05, 4.69) is 10.4 Å². The van der Waals surface area contributed by atoms with Crippen molar-refractivity contribution in [2.24, 2.45) is 5.92 Å². The molecular weight excluding hydrogens is 357 g/mol. The van der Waals surface area contributed by atoms with Crippen molar-refractivity contribution in [3.63, 3.8) is 0 Å². The fraction of sp³-hybridized carbons (Fsp3) is 0.474. The molecule has 8 heteroatoms. The van der Waals surface area contributed by atoms with Gasteiger partial charge < -0.3 is 10.2 Å². The van der Waals surface area contributed by atoms with E-state index in [0.717, 1.165) is 35.8 Å². The molecule has 0 saturated carbocycles. The highest BCUT2D eigenvalue weighted by Crippen LogP contribution is 2.34. The van der Waals surface area contributed by atoms with Crippen molar-refractivity contribution in [2.45, 2.75) is 25.9 Å². The fourth-order valence-corrected chi connectivity index (χ4v) is 3.53. The Morgan fingerprint density at radius 3 is 2.63 bits per heavy atom. The van der Waals surface area contributed by atoms with Crippen molar-refractivity contribution in [1.29, 1.82) is 0 Å². The molecule has 1 saturated heterocycles. The molecule has 1 atom stereocenters. The van der Waals surface area contributed by atoms with Crippen LogP contribution in [0.15, 0.2) is 30.5 Å². The topological polar surface area (TPSA) is 50.2 Å². The molecule has 0 aliphatic carbocycles. The number of nitrogens with zero attached hydrogens (tertiary/aromatic N) is 3. The van der Waals surface area contributed by atoms with Crippen LogP contribution in [-0.4, -0.2) is 47.3 Å². The van der Waals surface area contributed by atoms with E-state index in [4.69, 9.17) is 0 Å². The molecule has 0 spiro atoms. The molecular formula is C19H23F3N4O. The van der Waals surface area contributed by atoms with Gasteiger partial charge in [-0.15, -0.1) is 0 Å². The van der Waals surface area contributed by atoms with Crippen LogP contribution in [0.25, 0.3) is 5.69 Å². The average Bonchev–Trinajstić information content (AvgIpc) is 3.08. The lowest BCUT2D eigenvalue weighted by Gasteiger charge is -2.32. The van der Waals surface area contributed by atoms with Crippen LogP contribution < -0.4 is 5.32 Å². The summed E-state index contributed by atoms with van der Waals surface area (Å²) >= 11 is 0. The summed E-state index contributed by atoms with van der Waals surface area (Å²) in [5.74, 6) is -0.365. The summed E-state index contributed by atoms with van der Waals surface area (Å²) in [5.41, 5.74) is -0.210. The second-order valence-corrected chi connectivity index (χ2v) is 6.97. The number of piperidine rings is 1. The number of halogens is 3. The Morgan fingerprint density at radius 2 is 2.00 bits per heavy atom. The minimum atomic E-state index is -4.69. The molecule has 5 nitrogen and oxygen atoms in total. The Labute approximate surface area is 156 Å². The third-order valence-corrected chi connectivity index (χ3v) is 4.85. The van der Waals surface area contributed by atoms with Gasteiger partial charge in [0, 0.05) is 13.1 Å². The van der Waals surface area contributed by atoms with Crippen molar-refractivity contribution in [1.82, 2.24) is 20.0 Å². The maximum Gasteiger partial charge on any atom is 0.434 e.